The molecular formula is C16H18N2O4. The zero-order valence-corrected chi connectivity index (χ0v) is 12.6. The van der Waals surface area contributed by atoms with Crippen molar-refractivity contribution in [2.75, 3.05) is 16.8 Å². The average molecular weight is 302 g/mol. The second-order valence-corrected chi connectivity index (χ2v) is 6.14. The number of benzene rings is 1. The number of nitrogens with one attached hydrogen (secondary N) is 1. The van der Waals surface area contributed by atoms with Gasteiger partial charge in [-0.15, -0.1) is 0 Å². The maximum absolute atomic E-state index is 12.5. The third-order valence-corrected chi connectivity index (χ3v) is 4.01. The summed E-state index contributed by atoms with van der Waals surface area (Å²) in [6.45, 7) is 2.98. The predicted octanol–water partition coefficient (Wildman–Crippen LogP) is 1.70. The van der Waals surface area contributed by atoms with Gasteiger partial charge in [0.2, 0.25) is 5.91 Å². The average Bonchev–Trinajstić information content (AvgIpc) is 3.30. The topological polar surface area (TPSA) is 75.7 Å². The molecule has 0 saturated heterocycles. The first-order chi connectivity index (χ1) is 10.4. The van der Waals surface area contributed by atoms with E-state index in [0.717, 1.165) is 12.8 Å². The summed E-state index contributed by atoms with van der Waals surface area (Å²) in [6, 6.07) is 7.08. The number of esters is 1. The van der Waals surface area contributed by atoms with Gasteiger partial charge in [0, 0.05) is 0 Å². The maximum atomic E-state index is 12.5. The predicted molar refractivity (Wildman–Crippen MR) is 80.3 cm³/mol. The molecular weight excluding hydrogens is 284 g/mol. The van der Waals surface area contributed by atoms with Crippen LogP contribution in [0.3, 0.4) is 0 Å². The van der Waals surface area contributed by atoms with E-state index in [4.69, 9.17) is 4.74 Å². The van der Waals surface area contributed by atoms with Gasteiger partial charge in [-0.25, -0.2) is 0 Å². The molecule has 1 aliphatic carbocycles. The number of hydrogen-bond donors (Lipinski definition) is 1. The number of hydrogen-bond acceptors (Lipinski definition) is 4. The van der Waals surface area contributed by atoms with Crippen LogP contribution in [-0.4, -0.2) is 29.9 Å². The minimum absolute atomic E-state index is 0.0576. The Hall–Kier alpha value is -2.37. The molecule has 1 fully saturated rings. The lowest BCUT2D eigenvalue weighted by Crippen LogP contribution is -2.59. The van der Waals surface area contributed by atoms with Gasteiger partial charge in [-0.3, -0.25) is 19.3 Å². The van der Waals surface area contributed by atoms with E-state index < -0.39 is 11.4 Å². The fourth-order valence-electron chi connectivity index (χ4n) is 2.53. The second kappa shape index (κ2) is 5.12. The number of anilines is 2. The van der Waals surface area contributed by atoms with Crippen molar-refractivity contribution in [3.63, 3.8) is 0 Å². The molecule has 0 atom stereocenters. The monoisotopic (exact) mass is 302 g/mol. The zero-order valence-electron chi connectivity index (χ0n) is 12.6. The highest BCUT2D eigenvalue weighted by molar-refractivity contribution is 6.14. The zero-order chi connectivity index (χ0) is 15.9. The standard InChI is InChI=1S/C16H18N2O4/c1-16(2)15(21)17-11-5-3-4-6-12(11)18(16)13(19)9-22-14(20)10-7-8-10/h3-6,10H,7-9H2,1-2H3,(H,17,21). The highest BCUT2D eigenvalue weighted by Gasteiger charge is 2.44. The molecule has 1 aromatic rings. The minimum Gasteiger partial charge on any atom is -0.455 e. The third kappa shape index (κ3) is 2.45. The first-order valence-corrected chi connectivity index (χ1v) is 7.31. The van der Waals surface area contributed by atoms with Crippen molar-refractivity contribution in [2.24, 2.45) is 5.92 Å². The highest BCUT2D eigenvalue weighted by Crippen LogP contribution is 2.36. The minimum atomic E-state index is -1.04. The van der Waals surface area contributed by atoms with Crippen LogP contribution in [0.1, 0.15) is 26.7 Å². The first kappa shape index (κ1) is 14.6. The molecule has 1 aromatic carbocycles. The van der Waals surface area contributed by atoms with E-state index in [1.807, 2.05) is 0 Å². The van der Waals surface area contributed by atoms with E-state index in [1.165, 1.54) is 4.90 Å². The third-order valence-electron chi connectivity index (χ3n) is 4.01. The molecule has 116 valence electrons. The van der Waals surface area contributed by atoms with E-state index in [1.54, 1.807) is 38.1 Å². The Kier molecular flexibility index (Phi) is 3.39. The van der Waals surface area contributed by atoms with Crippen LogP contribution < -0.4 is 10.2 Å². The molecule has 1 aliphatic heterocycles. The molecule has 3 rings (SSSR count). The van der Waals surface area contributed by atoms with Crippen LogP contribution >= 0.6 is 0 Å². The Morgan fingerprint density at radius 2 is 2.00 bits per heavy atom. The Bertz CT molecular complexity index is 649. The summed E-state index contributed by atoms with van der Waals surface area (Å²) in [5.41, 5.74) is 0.144. The number of rotatable bonds is 3. The number of amides is 2. The largest absolute Gasteiger partial charge is 0.455 e. The second-order valence-electron chi connectivity index (χ2n) is 6.14. The summed E-state index contributed by atoms with van der Waals surface area (Å²) in [4.78, 5) is 37.8. The van der Waals surface area contributed by atoms with Gasteiger partial charge in [-0.05, 0) is 38.8 Å². The molecule has 1 heterocycles. The molecule has 1 saturated carbocycles. The molecule has 6 heteroatoms. The van der Waals surface area contributed by atoms with Crippen LogP contribution in [0.5, 0.6) is 0 Å². The number of fused-ring (bicyclic) bond motifs is 1. The van der Waals surface area contributed by atoms with Crippen molar-refractivity contribution in [3.8, 4) is 0 Å². The van der Waals surface area contributed by atoms with Gasteiger partial charge in [-0.2, -0.15) is 0 Å². The Labute approximate surface area is 128 Å². The first-order valence-electron chi connectivity index (χ1n) is 7.31. The SMILES string of the molecule is CC1(C)C(=O)Nc2ccccc2N1C(=O)COC(=O)C1CC1. The fourth-order valence-corrected chi connectivity index (χ4v) is 2.53. The number of nitrogens with zero attached hydrogens (tertiary/aromatic N) is 1. The summed E-state index contributed by atoms with van der Waals surface area (Å²) in [5.74, 6) is -1.06. The molecule has 6 nitrogen and oxygen atoms in total. The van der Waals surface area contributed by atoms with Crippen molar-refractivity contribution in [2.45, 2.75) is 32.2 Å². The normalized spacial score (nSPS) is 19.2. The molecule has 0 bridgehead atoms. The van der Waals surface area contributed by atoms with Gasteiger partial charge in [-0.1, -0.05) is 12.1 Å². The van der Waals surface area contributed by atoms with E-state index >= 15 is 0 Å². The summed E-state index contributed by atoms with van der Waals surface area (Å²) in [6.07, 6.45) is 1.65. The Morgan fingerprint density at radius 3 is 2.68 bits per heavy atom. The van der Waals surface area contributed by atoms with Crippen LogP contribution in [0.2, 0.25) is 0 Å². The summed E-state index contributed by atoms with van der Waals surface area (Å²) in [5, 5.41) is 2.79. The lowest BCUT2D eigenvalue weighted by molar-refractivity contribution is -0.149. The van der Waals surface area contributed by atoms with Gasteiger partial charge in [0.1, 0.15) is 5.54 Å². The molecule has 2 aliphatic rings. The molecule has 0 spiro atoms. The number of carbonyl (C=O) groups excluding carboxylic acids is 3. The lowest BCUT2D eigenvalue weighted by atomic mass is 9.96. The fraction of sp³-hybridized carbons (Fsp3) is 0.438. The molecule has 1 N–H and O–H groups in total. The number of carbonyl (C=O) groups is 3. The Balaban J connectivity index is 1.84. The quantitative estimate of drug-likeness (QED) is 0.862. The van der Waals surface area contributed by atoms with Crippen LogP contribution in [-0.2, 0) is 19.1 Å². The molecule has 0 radical (unpaired) electrons. The van der Waals surface area contributed by atoms with Crippen LogP contribution in [0.25, 0.3) is 0 Å². The highest BCUT2D eigenvalue weighted by atomic mass is 16.5. The summed E-state index contributed by atoms with van der Waals surface area (Å²) < 4.78 is 5.06. The molecule has 0 aromatic heterocycles. The maximum Gasteiger partial charge on any atom is 0.309 e. The molecule has 22 heavy (non-hydrogen) atoms. The van der Waals surface area contributed by atoms with Crippen molar-refractivity contribution in [3.05, 3.63) is 24.3 Å². The molecule has 2 amide bonds. The van der Waals surface area contributed by atoms with E-state index in [2.05, 4.69) is 5.32 Å². The van der Waals surface area contributed by atoms with Crippen molar-refractivity contribution in [1.82, 2.24) is 0 Å². The lowest BCUT2D eigenvalue weighted by Gasteiger charge is -2.41. The van der Waals surface area contributed by atoms with E-state index in [0.29, 0.717) is 11.4 Å². The van der Waals surface area contributed by atoms with Gasteiger partial charge in [0.15, 0.2) is 6.61 Å². The van der Waals surface area contributed by atoms with E-state index in [9.17, 15) is 14.4 Å². The van der Waals surface area contributed by atoms with Crippen LogP contribution in [0.15, 0.2) is 24.3 Å². The number of para-hydroxylation sites is 2. The van der Waals surface area contributed by atoms with Crippen molar-refractivity contribution in [1.29, 1.82) is 0 Å². The van der Waals surface area contributed by atoms with Gasteiger partial charge in [0.05, 0.1) is 17.3 Å². The van der Waals surface area contributed by atoms with Crippen molar-refractivity contribution >= 4 is 29.2 Å². The van der Waals surface area contributed by atoms with E-state index in [-0.39, 0.29) is 24.4 Å². The summed E-state index contributed by atoms with van der Waals surface area (Å²) in [7, 11) is 0. The van der Waals surface area contributed by atoms with Crippen LogP contribution in [0, 0.1) is 5.92 Å². The van der Waals surface area contributed by atoms with Gasteiger partial charge < -0.3 is 10.1 Å². The van der Waals surface area contributed by atoms with Crippen molar-refractivity contribution < 1.29 is 19.1 Å². The number of ether oxygens (including phenoxy) is 1. The smallest absolute Gasteiger partial charge is 0.309 e. The van der Waals surface area contributed by atoms with Gasteiger partial charge >= 0.3 is 5.97 Å². The summed E-state index contributed by atoms with van der Waals surface area (Å²) >= 11 is 0. The molecule has 0 unspecified atom stereocenters. The van der Waals surface area contributed by atoms with Gasteiger partial charge in [0.25, 0.3) is 5.91 Å². The Morgan fingerprint density at radius 1 is 1.32 bits per heavy atom. The van der Waals surface area contributed by atoms with Crippen LogP contribution in [0.4, 0.5) is 11.4 Å².